The molecule has 2 aromatic carbocycles. The lowest BCUT2D eigenvalue weighted by atomic mass is 10.1. The van der Waals surface area contributed by atoms with Gasteiger partial charge in [-0.15, -0.1) is 6.58 Å². The van der Waals surface area contributed by atoms with E-state index in [0.717, 1.165) is 28.1 Å². The number of aryl methyl sites for hydroxylation is 3. The summed E-state index contributed by atoms with van der Waals surface area (Å²) in [4.78, 5) is 29.7. The smallest absolute Gasteiger partial charge is 0.322 e. The molecule has 0 bridgehead atoms. The van der Waals surface area contributed by atoms with Crippen LogP contribution in [0.15, 0.2) is 79.5 Å². The van der Waals surface area contributed by atoms with Crippen molar-refractivity contribution < 1.29 is 9.59 Å². The number of nitrogens with one attached hydrogen (secondary N) is 1. The quantitative estimate of drug-likeness (QED) is 0.478. The van der Waals surface area contributed by atoms with Gasteiger partial charge in [0, 0.05) is 37.7 Å². The minimum absolute atomic E-state index is 0.0416. The second-order valence-electron chi connectivity index (χ2n) is 8.26. The van der Waals surface area contributed by atoms with Crippen LogP contribution in [0.5, 0.6) is 0 Å². The summed E-state index contributed by atoms with van der Waals surface area (Å²) < 4.78 is 2.00. The van der Waals surface area contributed by atoms with Crippen molar-refractivity contribution in [1.29, 1.82) is 0 Å². The average Bonchev–Trinajstić information content (AvgIpc) is 3.20. The zero-order valence-corrected chi connectivity index (χ0v) is 19.6. The van der Waals surface area contributed by atoms with E-state index >= 15 is 0 Å². The molecule has 0 radical (unpaired) electrons. The molecule has 6 heteroatoms. The Morgan fingerprint density at radius 3 is 2.39 bits per heavy atom. The van der Waals surface area contributed by atoms with E-state index in [1.807, 2.05) is 92.3 Å². The van der Waals surface area contributed by atoms with E-state index in [0.29, 0.717) is 13.1 Å². The van der Waals surface area contributed by atoms with Gasteiger partial charge in [-0.25, -0.2) is 4.79 Å². The van der Waals surface area contributed by atoms with Crippen LogP contribution in [-0.4, -0.2) is 39.4 Å². The van der Waals surface area contributed by atoms with Gasteiger partial charge in [0.15, 0.2) is 0 Å². The molecule has 0 aliphatic heterocycles. The van der Waals surface area contributed by atoms with Crippen LogP contribution in [0.1, 0.15) is 22.4 Å². The summed E-state index contributed by atoms with van der Waals surface area (Å²) in [7, 11) is 1.96. The molecule has 1 aromatic heterocycles. The van der Waals surface area contributed by atoms with Crippen LogP contribution in [0.2, 0.25) is 0 Å². The molecule has 1 heterocycles. The fraction of sp³-hybridized carbons (Fsp3) is 0.259. The first-order valence-electron chi connectivity index (χ1n) is 11.0. The van der Waals surface area contributed by atoms with E-state index in [2.05, 4.69) is 11.9 Å². The summed E-state index contributed by atoms with van der Waals surface area (Å²) >= 11 is 0. The van der Waals surface area contributed by atoms with Crippen LogP contribution in [0, 0.1) is 13.8 Å². The molecule has 6 nitrogen and oxygen atoms in total. The molecule has 0 fully saturated rings. The van der Waals surface area contributed by atoms with Crippen molar-refractivity contribution in [3.05, 3.63) is 102 Å². The van der Waals surface area contributed by atoms with Gasteiger partial charge in [0.1, 0.15) is 6.54 Å². The Hall–Kier alpha value is -3.80. The fourth-order valence-electron chi connectivity index (χ4n) is 3.68. The molecule has 0 atom stereocenters. The summed E-state index contributed by atoms with van der Waals surface area (Å²) in [5, 5.41) is 2.94. The molecule has 3 amide bonds. The van der Waals surface area contributed by atoms with Gasteiger partial charge in [-0.3, -0.25) is 4.79 Å². The first-order chi connectivity index (χ1) is 15.9. The number of urea groups is 1. The first-order valence-corrected chi connectivity index (χ1v) is 11.0. The summed E-state index contributed by atoms with van der Waals surface area (Å²) in [6.45, 7) is 8.87. The Balaban J connectivity index is 1.76. The molecule has 0 saturated carbocycles. The number of amides is 3. The molecule has 172 valence electrons. The van der Waals surface area contributed by atoms with E-state index in [-0.39, 0.29) is 25.0 Å². The molecule has 0 unspecified atom stereocenters. The summed E-state index contributed by atoms with van der Waals surface area (Å²) in [5.41, 5.74) is 4.89. The zero-order chi connectivity index (χ0) is 23.8. The zero-order valence-electron chi connectivity index (χ0n) is 19.6. The number of benzene rings is 2. The molecule has 0 aliphatic rings. The highest BCUT2D eigenvalue weighted by Crippen LogP contribution is 2.17. The van der Waals surface area contributed by atoms with Crippen molar-refractivity contribution in [3.8, 4) is 0 Å². The van der Waals surface area contributed by atoms with Gasteiger partial charge in [-0.2, -0.15) is 0 Å². The first kappa shape index (κ1) is 23.9. The van der Waals surface area contributed by atoms with Crippen LogP contribution < -0.4 is 5.32 Å². The molecule has 3 aromatic rings. The van der Waals surface area contributed by atoms with Gasteiger partial charge in [-0.05, 0) is 43.2 Å². The number of hydrogen-bond donors (Lipinski definition) is 1. The van der Waals surface area contributed by atoms with E-state index in [9.17, 15) is 9.59 Å². The predicted molar refractivity (Wildman–Crippen MR) is 133 cm³/mol. The number of rotatable bonds is 9. The third kappa shape index (κ3) is 6.59. The maximum absolute atomic E-state index is 13.4. The number of carbonyl (C=O) groups is 2. The van der Waals surface area contributed by atoms with Crippen LogP contribution in [0.25, 0.3) is 0 Å². The van der Waals surface area contributed by atoms with E-state index in [1.54, 1.807) is 11.0 Å². The molecule has 0 saturated heterocycles. The van der Waals surface area contributed by atoms with Crippen molar-refractivity contribution in [2.75, 3.05) is 18.4 Å². The minimum atomic E-state index is -0.325. The second-order valence-corrected chi connectivity index (χ2v) is 8.26. The topological polar surface area (TPSA) is 57.6 Å². The third-order valence-electron chi connectivity index (χ3n) is 5.56. The summed E-state index contributed by atoms with van der Waals surface area (Å²) in [5.74, 6) is -0.127. The fourth-order valence-corrected chi connectivity index (χ4v) is 3.68. The number of hydrogen-bond acceptors (Lipinski definition) is 2. The Bertz CT molecular complexity index is 1100. The lowest BCUT2D eigenvalue weighted by Crippen LogP contribution is -2.44. The lowest BCUT2D eigenvalue weighted by molar-refractivity contribution is -0.133. The van der Waals surface area contributed by atoms with E-state index < -0.39 is 0 Å². The Morgan fingerprint density at radius 1 is 1.00 bits per heavy atom. The largest absolute Gasteiger partial charge is 0.353 e. The number of carbonyl (C=O) groups excluding carboxylic acids is 2. The van der Waals surface area contributed by atoms with Crippen LogP contribution in [0.3, 0.4) is 0 Å². The van der Waals surface area contributed by atoms with Gasteiger partial charge < -0.3 is 19.7 Å². The number of nitrogens with zero attached hydrogens (tertiary/aromatic N) is 3. The molecular formula is C27H32N4O2. The van der Waals surface area contributed by atoms with Gasteiger partial charge in [0.2, 0.25) is 5.91 Å². The van der Waals surface area contributed by atoms with Gasteiger partial charge in [-0.1, -0.05) is 54.1 Å². The molecular weight excluding hydrogens is 412 g/mol. The van der Waals surface area contributed by atoms with Crippen molar-refractivity contribution in [1.82, 2.24) is 14.4 Å². The maximum Gasteiger partial charge on any atom is 0.322 e. The molecule has 0 aliphatic carbocycles. The summed E-state index contributed by atoms with van der Waals surface area (Å²) in [6, 6.07) is 19.4. The van der Waals surface area contributed by atoms with Crippen LogP contribution in [-0.2, 0) is 24.9 Å². The average molecular weight is 445 g/mol. The summed E-state index contributed by atoms with van der Waals surface area (Å²) in [6.07, 6.45) is 3.59. The van der Waals surface area contributed by atoms with Crippen molar-refractivity contribution in [2.24, 2.45) is 7.05 Å². The normalized spacial score (nSPS) is 10.5. The highest BCUT2D eigenvalue weighted by Gasteiger charge is 2.22. The molecule has 1 N–H and O–H groups in total. The van der Waals surface area contributed by atoms with Crippen LogP contribution in [0.4, 0.5) is 10.5 Å². The van der Waals surface area contributed by atoms with Crippen molar-refractivity contribution in [3.63, 3.8) is 0 Å². The van der Waals surface area contributed by atoms with Crippen molar-refractivity contribution in [2.45, 2.75) is 26.9 Å². The molecule has 3 rings (SSSR count). The molecule has 33 heavy (non-hydrogen) atoms. The highest BCUT2D eigenvalue weighted by molar-refractivity contribution is 5.93. The number of aromatic nitrogens is 1. The highest BCUT2D eigenvalue weighted by atomic mass is 16.2. The lowest BCUT2D eigenvalue weighted by Gasteiger charge is -2.28. The van der Waals surface area contributed by atoms with Crippen molar-refractivity contribution >= 4 is 17.6 Å². The minimum Gasteiger partial charge on any atom is -0.353 e. The van der Waals surface area contributed by atoms with E-state index in [4.69, 9.17) is 0 Å². The standard InChI is InChI=1S/C27H32N4O2/c1-5-15-30(27(33)28-25-14-13-21(2)17-22(25)3)20-26(32)31(18-23-10-7-6-8-11-23)19-24-12-9-16-29(24)4/h5-14,16-17H,1,15,18-20H2,2-4H3,(H,28,33). The predicted octanol–water partition coefficient (Wildman–Crippen LogP) is 4.89. The third-order valence-corrected chi connectivity index (χ3v) is 5.56. The SMILES string of the molecule is C=CCN(CC(=O)N(Cc1ccccc1)Cc1cccn1C)C(=O)Nc1ccc(C)cc1C. The van der Waals surface area contributed by atoms with Gasteiger partial charge in [0.25, 0.3) is 0 Å². The van der Waals surface area contributed by atoms with E-state index in [1.165, 1.54) is 4.90 Å². The maximum atomic E-state index is 13.4. The monoisotopic (exact) mass is 444 g/mol. The molecule has 0 spiro atoms. The van der Waals surface area contributed by atoms with Crippen LogP contribution >= 0.6 is 0 Å². The van der Waals surface area contributed by atoms with Gasteiger partial charge in [0.05, 0.1) is 6.54 Å². The Labute approximate surface area is 196 Å². The number of anilines is 1. The second kappa shape index (κ2) is 11.2. The Kier molecular flexibility index (Phi) is 8.08. The Morgan fingerprint density at radius 2 is 1.76 bits per heavy atom. The van der Waals surface area contributed by atoms with Gasteiger partial charge >= 0.3 is 6.03 Å².